The number of aromatic amines is 1. The minimum atomic E-state index is -0.300. The molecule has 35 heavy (non-hydrogen) atoms. The van der Waals surface area contributed by atoms with Crippen LogP contribution >= 0.6 is 0 Å². The quantitative estimate of drug-likeness (QED) is 0.409. The van der Waals surface area contributed by atoms with E-state index in [0.29, 0.717) is 28.4 Å². The standard InChI is InChI=1S/C28H28N2O5/c1-17-9-8-12-23(18(17)2)30(16-21-13-19-10-6-7-11-22(19)29-27(21)31)28(32)20-14-24(33-3)26(35-5)25(15-20)34-4/h6-15H,16H2,1-5H3,(H,29,31). The molecular weight excluding hydrogens is 444 g/mol. The monoisotopic (exact) mass is 472 g/mol. The van der Waals surface area contributed by atoms with Crippen molar-refractivity contribution in [2.24, 2.45) is 0 Å². The van der Waals surface area contributed by atoms with E-state index >= 15 is 0 Å². The number of H-pyrrole nitrogens is 1. The maximum atomic E-state index is 14.0. The fourth-order valence-electron chi connectivity index (χ4n) is 4.14. The van der Waals surface area contributed by atoms with Crippen molar-refractivity contribution in [3.05, 3.63) is 93.3 Å². The number of aromatic nitrogens is 1. The maximum absolute atomic E-state index is 14.0. The molecule has 0 radical (unpaired) electrons. The van der Waals surface area contributed by atoms with E-state index in [2.05, 4.69) is 4.98 Å². The number of amides is 1. The van der Waals surface area contributed by atoms with Crippen LogP contribution in [0.25, 0.3) is 10.9 Å². The Morgan fingerprint density at radius 3 is 2.23 bits per heavy atom. The van der Waals surface area contributed by atoms with Crippen LogP contribution < -0.4 is 24.7 Å². The van der Waals surface area contributed by atoms with Gasteiger partial charge in [-0.05, 0) is 60.7 Å². The lowest BCUT2D eigenvalue weighted by molar-refractivity contribution is 0.0984. The molecule has 4 rings (SSSR count). The SMILES string of the molecule is COc1cc(C(=O)N(Cc2cc3ccccc3[nH]c2=O)c2cccc(C)c2C)cc(OC)c1OC. The molecule has 1 aromatic heterocycles. The molecule has 4 aromatic rings. The number of aryl methyl sites for hydroxylation is 1. The fraction of sp³-hybridized carbons (Fsp3) is 0.214. The van der Waals surface area contributed by atoms with E-state index in [4.69, 9.17) is 14.2 Å². The van der Waals surface area contributed by atoms with Crippen LogP contribution in [0.2, 0.25) is 0 Å². The van der Waals surface area contributed by atoms with Crippen LogP contribution in [-0.4, -0.2) is 32.2 Å². The summed E-state index contributed by atoms with van der Waals surface area (Å²) in [6, 6.07) is 18.4. The summed E-state index contributed by atoms with van der Waals surface area (Å²) in [7, 11) is 4.52. The van der Waals surface area contributed by atoms with Crippen LogP contribution in [0.4, 0.5) is 5.69 Å². The number of hydrogen-bond donors (Lipinski definition) is 1. The summed E-state index contributed by atoms with van der Waals surface area (Å²) in [5.41, 5.74) is 4.04. The molecule has 0 aliphatic carbocycles. The summed E-state index contributed by atoms with van der Waals surface area (Å²) in [6.45, 7) is 4.04. The number of methoxy groups -OCH3 is 3. The van der Waals surface area contributed by atoms with Crippen molar-refractivity contribution >= 4 is 22.5 Å². The molecule has 0 fully saturated rings. The predicted octanol–water partition coefficient (Wildman–Crippen LogP) is 5.02. The Kier molecular flexibility index (Phi) is 6.78. The lowest BCUT2D eigenvalue weighted by Crippen LogP contribution is -2.33. The molecule has 0 saturated heterocycles. The van der Waals surface area contributed by atoms with Crippen molar-refractivity contribution < 1.29 is 19.0 Å². The van der Waals surface area contributed by atoms with Crippen molar-refractivity contribution in [1.82, 2.24) is 4.98 Å². The lowest BCUT2D eigenvalue weighted by Gasteiger charge is -2.26. The van der Waals surface area contributed by atoms with Crippen LogP contribution in [0.1, 0.15) is 27.0 Å². The highest BCUT2D eigenvalue weighted by atomic mass is 16.5. The van der Waals surface area contributed by atoms with Gasteiger partial charge in [0.15, 0.2) is 11.5 Å². The molecular formula is C28H28N2O5. The van der Waals surface area contributed by atoms with E-state index in [9.17, 15) is 9.59 Å². The predicted molar refractivity (Wildman–Crippen MR) is 137 cm³/mol. The summed E-state index contributed by atoms with van der Waals surface area (Å²) in [5, 5.41) is 0.892. The first-order chi connectivity index (χ1) is 16.9. The third-order valence-corrected chi connectivity index (χ3v) is 6.18. The summed E-state index contributed by atoms with van der Waals surface area (Å²) < 4.78 is 16.3. The number of nitrogens with one attached hydrogen (secondary N) is 1. The number of fused-ring (bicyclic) bond motifs is 1. The van der Waals surface area contributed by atoms with Crippen molar-refractivity contribution in [2.45, 2.75) is 20.4 Å². The normalized spacial score (nSPS) is 10.8. The Labute approximate surface area is 203 Å². The van der Waals surface area contributed by atoms with E-state index in [1.54, 1.807) is 17.0 Å². The zero-order valence-electron chi connectivity index (χ0n) is 20.5. The van der Waals surface area contributed by atoms with E-state index in [1.807, 2.05) is 62.4 Å². The average Bonchev–Trinajstić information content (AvgIpc) is 2.87. The van der Waals surface area contributed by atoms with Crippen LogP contribution in [0.15, 0.2) is 65.5 Å². The fourth-order valence-corrected chi connectivity index (χ4v) is 4.14. The molecule has 0 aliphatic rings. The first-order valence-electron chi connectivity index (χ1n) is 11.2. The minimum absolute atomic E-state index is 0.0833. The number of carbonyl (C=O) groups is 1. The zero-order valence-corrected chi connectivity index (χ0v) is 20.5. The van der Waals surface area contributed by atoms with Gasteiger partial charge in [-0.2, -0.15) is 0 Å². The lowest BCUT2D eigenvalue weighted by atomic mass is 10.0. The van der Waals surface area contributed by atoms with Crippen LogP contribution in [0.5, 0.6) is 17.2 Å². The van der Waals surface area contributed by atoms with Gasteiger partial charge in [0, 0.05) is 22.3 Å². The second-order valence-electron chi connectivity index (χ2n) is 8.24. The molecule has 0 spiro atoms. The van der Waals surface area contributed by atoms with Crippen LogP contribution in [0, 0.1) is 13.8 Å². The number of pyridine rings is 1. The van der Waals surface area contributed by atoms with Crippen molar-refractivity contribution in [1.29, 1.82) is 0 Å². The van der Waals surface area contributed by atoms with Gasteiger partial charge < -0.3 is 24.1 Å². The molecule has 0 saturated carbocycles. The number of hydrogen-bond acceptors (Lipinski definition) is 5. The molecule has 0 atom stereocenters. The summed E-state index contributed by atoms with van der Waals surface area (Å²) in [6.07, 6.45) is 0. The second-order valence-corrected chi connectivity index (χ2v) is 8.24. The topological polar surface area (TPSA) is 80.9 Å². The molecule has 0 unspecified atom stereocenters. The Hall–Kier alpha value is -4.26. The molecule has 1 amide bonds. The number of anilines is 1. The van der Waals surface area contributed by atoms with E-state index in [-0.39, 0.29) is 18.0 Å². The zero-order chi connectivity index (χ0) is 25.1. The van der Waals surface area contributed by atoms with Gasteiger partial charge in [0.25, 0.3) is 11.5 Å². The summed E-state index contributed by atoms with van der Waals surface area (Å²) in [4.78, 5) is 31.5. The molecule has 0 bridgehead atoms. The number of ether oxygens (including phenoxy) is 3. The number of benzene rings is 3. The second kappa shape index (κ2) is 9.93. The average molecular weight is 473 g/mol. The van der Waals surface area contributed by atoms with Crippen molar-refractivity contribution in [3.63, 3.8) is 0 Å². The molecule has 3 aromatic carbocycles. The number of nitrogens with zero attached hydrogens (tertiary/aromatic N) is 1. The van der Waals surface area contributed by atoms with Crippen LogP contribution in [-0.2, 0) is 6.54 Å². The smallest absolute Gasteiger partial charge is 0.258 e. The van der Waals surface area contributed by atoms with Gasteiger partial charge >= 0.3 is 0 Å². The van der Waals surface area contributed by atoms with E-state index < -0.39 is 0 Å². The third kappa shape index (κ3) is 4.57. The van der Waals surface area contributed by atoms with Crippen LogP contribution in [0.3, 0.4) is 0 Å². The highest BCUT2D eigenvalue weighted by molar-refractivity contribution is 6.07. The van der Waals surface area contributed by atoms with Gasteiger partial charge in [-0.1, -0.05) is 30.3 Å². The van der Waals surface area contributed by atoms with Gasteiger partial charge in [-0.15, -0.1) is 0 Å². The van der Waals surface area contributed by atoms with Gasteiger partial charge in [-0.25, -0.2) is 0 Å². The molecule has 7 nitrogen and oxygen atoms in total. The van der Waals surface area contributed by atoms with E-state index in [0.717, 1.165) is 27.7 Å². The molecule has 0 aliphatic heterocycles. The maximum Gasteiger partial charge on any atom is 0.258 e. The van der Waals surface area contributed by atoms with Crippen molar-refractivity contribution in [2.75, 3.05) is 26.2 Å². The Bertz CT molecular complexity index is 1430. The Morgan fingerprint density at radius 2 is 1.57 bits per heavy atom. The van der Waals surface area contributed by atoms with Gasteiger partial charge in [0.05, 0.1) is 27.9 Å². The van der Waals surface area contributed by atoms with Gasteiger partial charge in [0.1, 0.15) is 0 Å². The van der Waals surface area contributed by atoms with Crippen molar-refractivity contribution in [3.8, 4) is 17.2 Å². The number of para-hydroxylation sites is 1. The largest absolute Gasteiger partial charge is 0.493 e. The molecule has 1 N–H and O–H groups in total. The highest BCUT2D eigenvalue weighted by Gasteiger charge is 2.25. The molecule has 1 heterocycles. The first kappa shape index (κ1) is 23.9. The number of carbonyl (C=O) groups excluding carboxylic acids is 1. The Morgan fingerprint density at radius 1 is 0.886 bits per heavy atom. The molecule has 180 valence electrons. The third-order valence-electron chi connectivity index (χ3n) is 6.18. The minimum Gasteiger partial charge on any atom is -0.493 e. The summed E-state index contributed by atoms with van der Waals surface area (Å²) >= 11 is 0. The molecule has 7 heteroatoms. The summed E-state index contributed by atoms with van der Waals surface area (Å²) in [5.74, 6) is 0.848. The Balaban J connectivity index is 1.86. The van der Waals surface area contributed by atoms with Gasteiger partial charge in [0.2, 0.25) is 5.75 Å². The van der Waals surface area contributed by atoms with Gasteiger partial charge in [-0.3, -0.25) is 9.59 Å². The number of rotatable bonds is 7. The van der Waals surface area contributed by atoms with E-state index in [1.165, 1.54) is 21.3 Å². The first-order valence-corrected chi connectivity index (χ1v) is 11.2. The highest BCUT2D eigenvalue weighted by Crippen LogP contribution is 2.39.